The van der Waals surface area contributed by atoms with Gasteiger partial charge < -0.3 is 15.4 Å². The molecule has 1 aromatic carbocycles. The van der Waals surface area contributed by atoms with Crippen molar-refractivity contribution in [2.75, 3.05) is 20.8 Å². The molecule has 0 aromatic heterocycles. The van der Waals surface area contributed by atoms with Gasteiger partial charge in [0, 0.05) is 19.2 Å². The Kier molecular flexibility index (Phi) is 5.59. The highest BCUT2D eigenvalue weighted by Crippen LogP contribution is 2.21. The van der Waals surface area contributed by atoms with Crippen molar-refractivity contribution in [3.05, 3.63) is 34.9 Å². The van der Waals surface area contributed by atoms with E-state index in [9.17, 15) is 4.79 Å². The summed E-state index contributed by atoms with van der Waals surface area (Å²) in [5, 5.41) is 0.677. The van der Waals surface area contributed by atoms with Crippen LogP contribution in [0.2, 0.25) is 5.02 Å². The van der Waals surface area contributed by atoms with Crippen LogP contribution in [0, 0.1) is 0 Å². The second kappa shape index (κ2) is 6.73. The van der Waals surface area contributed by atoms with Crippen molar-refractivity contribution in [3.63, 3.8) is 0 Å². The van der Waals surface area contributed by atoms with Crippen molar-refractivity contribution in [3.8, 4) is 0 Å². The summed E-state index contributed by atoms with van der Waals surface area (Å²) in [5.74, 6) is -0.140. The summed E-state index contributed by atoms with van der Waals surface area (Å²) >= 11 is 5.83. The molecule has 4 nitrogen and oxygen atoms in total. The summed E-state index contributed by atoms with van der Waals surface area (Å²) < 4.78 is 4.89. The number of nitrogens with zero attached hydrogens (tertiary/aromatic N) is 1. The predicted molar refractivity (Wildman–Crippen MR) is 72.5 cm³/mol. The first-order valence-corrected chi connectivity index (χ1v) is 6.11. The van der Waals surface area contributed by atoms with Gasteiger partial charge in [-0.2, -0.15) is 0 Å². The third kappa shape index (κ3) is 3.70. The highest BCUT2D eigenvalue weighted by Gasteiger charge is 2.22. The lowest BCUT2D eigenvalue weighted by molar-refractivity contribution is -0.134. The molecule has 0 heterocycles. The third-order valence-corrected chi connectivity index (χ3v) is 3.20. The van der Waals surface area contributed by atoms with Crippen LogP contribution in [0.5, 0.6) is 0 Å². The van der Waals surface area contributed by atoms with Crippen LogP contribution in [0.1, 0.15) is 18.5 Å². The molecule has 2 N–H and O–H groups in total. The SMILES string of the molecule is COCC(N)C(=O)N(C)C(C)c1ccc(Cl)cc1. The topological polar surface area (TPSA) is 55.6 Å². The Morgan fingerprint density at radius 1 is 1.44 bits per heavy atom. The molecule has 0 aliphatic carbocycles. The predicted octanol–water partition coefficient (Wildman–Crippen LogP) is 1.83. The number of carbonyl (C=O) groups is 1. The van der Waals surface area contributed by atoms with E-state index in [1.165, 1.54) is 7.11 Å². The minimum atomic E-state index is -0.630. The Morgan fingerprint density at radius 2 is 2.00 bits per heavy atom. The molecule has 100 valence electrons. The maximum Gasteiger partial charge on any atom is 0.242 e. The van der Waals surface area contributed by atoms with Crippen LogP contribution in [-0.4, -0.2) is 37.6 Å². The molecule has 1 aromatic rings. The zero-order valence-corrected chi connectivity index (χ0v) is 11.6. The fourth-order valence-electron chi connectivity index (χ4n) is 1.67. The first-order valence-electron chi connectivity index (χ1n) is 5.74. The Bertz CT molecular complexity index is 394. The molecule has 0 fully saturated rings. The molecule has 0 aliphatic rings. The fraction of sp³-hybridized carbons (Fsp3) is 0.462. The molecule has 0 saturated heterocycles. The number of ether oxygens (including phenoxy) is 1. The lowest BCUT2D eigenvalue weighted by atomic mass is 10.1. The van der Waals surface area contributed by atoms with E-state index in [-0.39, 0.29) is 18.6 Å². The molecule has 2 atom stereocenters. The average Bonchev–Trinajstić information content (AvgIpc) is 2.37. The van der Waals surface area contributed by atoms with Crippen LogP contribution >= 0.6 is 11.6 Å². The van der Waals surface area contributed by atoms with Gasteiger partial charge >= 0.3 is 0 Å². The molecule has 18 heavy (non-hydrogen) atoms. The summed E-state index contributed by atoms with van der Waals surface area (Å²) in [4.78, 5) is 13.6. The molecule has 0 saturated carbocycles. The highest BCUT2D eigenvalue weighted by atomic mass is 35.5. The molecule has 0 bridgehead atoms. The highest BCUT2D eigenvalue weighted by molar-refractivity contribution is 6.30. The zero-order valence-electron chi connectivity index (χ0n) is 10.9. The number of hydrogen-bond donors (Lipinski definition) is 1. The van der Waals surface area contributed by atoms with Gasteiger partial charge in [-0.3, -0.25) is 4.79 Å². The molecule has 0 radical (unpaired) electrons. The summed E-state index contributed by atoms with van der Waals surface area (Å²) in [6.45, 7) is 2.16. The van der Waals surface area contributed by atoms with Gasteiger partial charge in [-0.15, -0.1) is 0 Å². The number of halogens is 1. The summed E-state index contributed by atoms with van der Waals surface area (Å²) in [6.07, 6.45) is 0. The van der Waals surface area contributed by atoms with Gasteiger partial charge in [0.15, 0.2) is 0 Å². The number of amides is 1. The number of hydrogen-bond acceptors (Lipinski definition) is 3. The lowest BCUT2D eigenvalue weighted by Gasteiger charge is -2.27. The first-order chi connectivity index (χ1) is 8.47. The molecule has 0 aliphatic heterocycles. The number of likely N-dealkylation sites (N-methyl/N-ethyl adjacent to an activating group) is 1. The van der Waals surface area contributed by atoms with Crippen LogP contribution in [0.4, 0.5) is 0 Å². The summed E-state index contributed by atoms with van der Waals surface area (Å²) in [7, 11) is 3.26. The summed E-state index contributed by atoms with van der Waals surface area (Å²) in [6, 6.07) is 6.73. The van der Waals surface area contributed by atoms with Crippen molar-refractivity contribution in [2.45, 2.75) is 19.0 Å². The van der Waals surface area contributed by atoms with Gasteiger partial charge in [0.05, 0.1) is 12.6 Å². The van der Waals surface area contributed by atoms with Gasteiger partial charge in [0.1, 0.15) is 6.04 Å². The van der Waals surface area contributed by atoms with Crippen LogP contribution in [0.25, 0.3) is 0 Å². The molecule has 1 rings (SSSR count). The van der Waals surface area contributed by atoms with Crippen LogP contribution in [0.15, 0.2) is 24.3 Å². The minimum Gasteiger partial charge on any atom is -0.383 e. The molecule has 0 spiro atoms. The smallest absolute Gasteiger partial charge is 0.242 e. The van der Waals surface area contributed by atoms with E-state index in [0.717, 1.165) is 5.56 Å². The monoisotopic (exact) mass is 270 g/mol. The van der Waals surface area contributed by atoms with E-state index in [1.54, 1.807) is 24.1 Å². The van der Waals surface area contributed by atoms with Crippen molar-refractivity contribution in [2.24, 2.45) is 5.73 Å². The quantitative estimate of drug-likeness (QED) is 0.888. The minimum absolute atomic E-state index is 0.0577. The van der Waals surface area contributed by atoms with E-state index in [4.69, 9.17) is 22.1 Å². The number of benzene rings is 1. The Labute approximate surface area is 113 Å². The molecular weight excluding hydrogens is 252 g/mol. The Hall–Kier alpha value is -1.10. The number of methoxy groups -OCH3 is 1. The van der Waals surface area contributed by atoms with E-state index in [1.807, 2.05) is 19.1 Å². The standard InChI is InChI=1S/C13H19ClN2O2/c1-9(10-4-6-11(14)7-5-10)16(2)13(17)12(15)8-18-3/h4-7,9,12H,8,15H2,1-3H3. The maximum atomic E-state index is 12.0. The van der Waals surface area contributed by atoms with Crippen molar-refractivity contribution in [1.29, 1.82) is 0 Å². The molecule has 5 heteroatoms. The maximum absolute atomic E-state index is 12.0. The van der Waals surface area contributed by atoms with E-state index in [0.29, 0.717) is 5.02 Å². The Morgan fingerprint density at radius 3 is 2.50 bits per heavy atom. The van der Waals surface area contributed by atoms with Crippen molar-refractivity contribution < 1.29 is 9.53 Å². The number of nitrogens with two attached hydrogens (primary N) is 1. The fourth-order valence-corrected chi connectivity index (χ4v) is 1.79. The van der Waals surface area contributed by atoms with Gasteiger partial charge in [0.25, 0.3) is 0 Å². The van der Waals surface area contributed by atoms with Crippen molar-refractivity contribution >= 4 is 17.5 Å². The molecule has 1 amide bonds. The van der Waals surface area contributed by atoms with E-state index in [2.05, 4.69) is 0 Å². The van der Waals surface area contributed by atoms with Crippen molar-refractivity contribution in [1.82, 2.24) is 4.90 Å². The zero-order chi connectivity index (χ0) is 13.7. The second-order valence-electron chi connectivity index (χ2n) is 4.24. The molecular formula is C13H19ClN2O2. The van der Waals surface area contributed by atoms with Crippen LogP contribution < -0.4 is 5.73 Å². The van der Waals surface area contributed by atoms with E-state index < -0.39 is 6.04 Å². The number of rotatable bonds is 5. The number of carbonyl (C=O) groups excluding carboxylic acids is 1. The van der Waals surface area contributed by atoms with Crippen LogP contribution in [0.3, 0.4) is 0 Å². The normalized spacial score (nSPS) is 14.1. The lowest BCUT2D eigenvalue weighted by Crippen LogP contribution is -2.45. The van der Waals surface area contributed by atoms with E-state index >= 15 is 0 Å². The largest absolute Gasteiger partial charge is 0.383 e. The molecule has 2 unspecified atom stereocenters. The van der Waals surface area contributed by atoms with Gasteiger partial charge in [-0.05, 0) is 24.6 Å². The first kappa shape index (κ1) is 15.0. The third-order valence-electron chi connectivity index (χ3n) is 2.94. The van der Waals surface area contributed by atoms with Crippen LogP contribution in [-0.2, 0) is 9.53 Å². The van der Waals surface area contributed by atoms with Gasteiger partial charge in [-0.1, -0.05) is 23.7 Å². The summed E-state index contributed by atoms with van der Waals surface area (Å²) in [5.41, 5.74) is 6.75. The van der Waals surface area contributed by atoms with Gasteiger partial charge in [-0.25, -0.2) is 0 Å². The average molecular weight is 271 g/mol. The Balaban J connectivity index is 2.74. The second-order valence-corrected chi connectivity index (χ2v) is 4.67. The van der Waals surface area contributed by atoms with Gasteiger partial charge in [0.2, 0.25) is 5.91 Å².